The van der Waals surface area contributed by atoms with E-state index in [9.17, 15) is 9.59 Å². The summed E-state index contributed by atoms with van der Waals surface area (Å²) in [7, 11) is 0. The number of piperidine rings is 1. The third-order valence-corrected chi connectivity index (χ3v) is 6.45. The van der Waals surface area contributed by atoms with E-state index in [1.807, 2.05) is 53.4 Å². The summed E-state index contributed by atoms with van der Waals surface area (Å²) < 4.78 is 5.63. The van der Waals surface area contributed by atoms with Crippen molar-refractivity contribution >= 4 is 28.5 Å². The molecule has 0 radical (unpaired) electrons. The van der Waals surface area contributed by atoms with Crippen LogP contribution in [0.4, 0.5) is 5.69 Å². The van der Waals surface area contributed by atoms with Gasteiger partial charge in [0.25, 0.3) is 5.91 Å². The Morgan fingerprint density at radius 1 is 1.00 bits per heavy atom. The highest BCUT2D eigenvalue weighted by atomic mass is 16.5. The van der Waals surface area contributed by atoms with Gasteiger partial charge in [-0.3, -0.25) is 9.59 Å². The van der Waals surface area contributed by atoms with E-state index in [4.69, 9.17) is 4.74 Å². The second kappa shape index (κ2) is 9.12. The Kier molecular flexibility index (Phi) is 5.90. The smallest absolute Gasteiger partial charge is 0.251 e. The first kappa shape index (κ1) is 20.7. The molecule has 0 bridgehead atoms. The number of hydrogen-bond donors (Lipinski definition) is 2. The van der Waals surface area contributed by atoms with Crippen LogP contribution in [-0.2, 0) is 14.3 Å². The van der Waals surface area contributed by atoms with Crippen molar-refractivity contribution < 1.29 is 14.3 Å². The molecule has 3 aromatic rings. The van der Waals surface area contributed by atoms with Crippen LogP contribution >= 0.6 is 0 Å². The van der Waals surface area contributed by atoms with Gasteiger partial charge in [-0.15, -0.1) is 0 Å². The summed E-state index contributed by atoms with van der Waals surface area (Å²) in [4.78, 5) is 35.2. The molecule has 0 spiro atoms. The largest absolute Gasteiger partial charge is 0.368 e. The van der Waals surface area contributed by atoms with Gasteiger partial charge in [-0.1, -0.05) is 12.1 Å². The molecule has 3 heterocycles. The number of likely N-dealkylation sites (tertiary alicyclic amines) is 1. The summed E-state index contributed by atoms with van der Waals surface area (Å²) in [6.07, 6.45) is 3.96. The number of aromatic amines is 1. The van der Waals surface area contributed by atoms with Crippen molar-refractivity contribution in [3.63, 3.8) is 0 Å². The third kappa shape index (κ3) is 4.39. The van der Waals surface area contributed by atoms with Crippen molar-refractivity contribution in [3.8, 4) is 11.4 Å². The summed E-state index contributed by atoms with van der Waals surface area (Å²) in [6.45, 7) is 1.90. The summed E-state index contributed by atoms with van der Waals surface area (Å²) >= 11 is 0. The minimum absolute atomic E-state index is 0.0162. The highest BCUT2D eigenvalue weighted by Crippen LogP contribution is 2.25. The normalized spacial score (nSPS) is 19.8. The number of amides is 2. The van der Waals surface area contributed by atoms with Gasteiger partial charge in [0.05, 0.1) is 11.0 Å². The molecule has 1 atom stereocenters. The number of fused-ring (bicyclic) bond motifs is 1. The van der Waals surface area contributed by atoms with Gasteiger partial charge in [0, 0.05) is 36.9 Å². The molecular weight excluding hydrogens is 404 g/mol. The molecule has 2 aromatic carbocycles. The predicted molar refractivity (Wildman–Crippen MR) is 123 cm³/mol. The average Bonchev–Trinajstić information content (AvgIpc) is 3.29. The van der Waals surface area contributed by atoms with Gasteiger partial charge < -0.3 is 19.9 Å². The maximum absolute atomic E-state index is 12.8. The van der Waals surface area contributed by atoms with E-state index in [1.165, 1.54) is 0 Å². The Labute approximate surface area is 187 Å². The lowest BCUT2D eigenvalue weighted by molar-refractivity contribution is -0.148. The molecule has 7 heteroatoms. The number of imidazole rings is 1. The SMILES string of the molecule is O=C(Nc1ccc(-c2nc3ccccc3[nH]2)cc1)C1CCN(C(=O)[C@H]2CCCCO2)CC1. The Hall–Kier alpha value is -3.19. The van der Waals surface area contributed by atoms with E-state index in [1.54, 1.807) is 0 Å². The number of hydrogen-bond acceptors (Lipinski definition) is 4. The second-order valence-corrected chi connectivity index (χ2v) is 8.62. The molecule has 2 aliphatic rings. The number of carbonyl (C=O) groups excluding carboxylic acids is 2. The Morgan fingerprint density at radius 3 is 2.50 bits per heavy atom. The first-order valence-electron chi connectivity index (χ1n) is 11.4. The molecule has 2 saturated heterocycles. The summed E-state index contributed by atoms with van der Waals surface area (Å²) in [6, 6.07) is 15.6. The van der Waals surface area contributed by atoms with E-state index < -0.39 is 0 Å². The highest BCUT2D eigenvalue weighted by Gasteiger charge is 2.32. The van der Waals surface area contributed by atoms with Gasteiger partial charge in [0.2, 0.25) is 5.91 Å². The number of H-pyrrole nitrogens is 1. The highest BCUT2D eigenvalue weighted by molar-refractivity contribution is 5.93. The molecule has 2 amide bonds. The van der Waals surface area contributed by atoms with Crippen LogP contribution in [-0.4, -0.2) is 52.5 Å². The van der Waals surface area contributed by atoms with Crippen molar-refractivity contribution in [1.82, 2.24) is 14.9 Å². The summed E-state index contributed by atoms with van der Waals surface area (Å²) in [5.41, 5.74) is 3.67. The number of benzene rings is 2. The molecule has 166 valence electrons. The fraction of sp³-hybridized carbons (Fsp3) is 0.400. The predicted octanol–water partition coefficient (Wildman–Crippen LogP) is 3.98. The molecule has 2 aliphatic heterocycles. The number of carbonyl (C=O) groups is 2. The van der Waals surface area contributed by atoms with Crippen LogP contribution in [0.15, 0.2) is 48.5 Å². The molecule has 1 aromatic heterocycles. The van der Waals surface area contributed by atoms with E-state index in [0.717, 1.165) is 47.4 Å². The maximum atomic E-state index is 12.8. The monoisotopic (exact) mass is 432 g/mol. The van der Waals surface area contributed by atoms with Crippen molar-refractivity contribution in [2.75, 3.05) is 25.0 Å². The number of rotatable bonds is 4. The van der Waals surface area contributed by atoms with E-state index in [-0.39, 0.29) is 23.8 Å². The van der Waals surface area contributed by atoms with Crippen LogP contribution in [0.5, 0.6) is 0 Å². The average molecular weight is 433 g/mol. The van der Waals surface area contributed by atoms with Crippen molar-refractivity contribution in [2.45, 2.75) is 38.2 Å². The van der Waals surface area contributed by atoms with Crippen molar-refractivity contribution in [1.29, 1.82) is 0 Å². The van der Waals surface area contributed by atoms with Crippen LogP contribution in [0.3, 0.4) is 0 Å². The van der Waals surface area contributed by atoms with Crippen molar-refractivity contribution in [3.05, 3.63) is 48.5 Å². The Morgan fingerprint density at radius 2 is 1.78 bits per heavy atom. The lowest BCUT2D eigenvalue weighted by Crippen LogP contribution is -2.47. The van der Waals surface area contributed by atoms with Gasteiger partial charge in [0.1, 0.15) is 11.9 Å². The maximum Gasteiger partial charge on any atom is 0.251 e. The second-order valence-electron chi connectivity index (χ2n) is 8.62. The van der Waals surface area contributed by atoms with E-state index in [2.05, 4.69) is 15.3 Å². The zero-order valence-corrected chi connectivity index (χ0v) is 18.0. The lowest BCUT2D eigenvalue weighted by atomic mass is 9.95. The minimum atomic E-state index is -0.292. The van der Waals surface area contributed by atoms with Gasteiger partial charge in [0.15, 0.2) is 0 Å². The number of ether oxygens (including phenoxy) is 1. The number of para-hydroxylation sites is 2. The van der Waals surface area contributed by atoms with Crippen LogP contribution in [0, 0.1) is 5.92 Å². The topological polar surface area (TPSA) is 87.3 Å². The van der Waals surface area contributed by atoms with Crippen LogP contribution < -0.4 is 5.32 Å². The fourth-order valence-corrected chi connectivity index (χ4v) is 4.55. The van der Waals surface area contributed by atoms with Crippen LogP contribution in [0.25, 0.3) is 22.4 Å². The molecule has 2 fully saturated rings. The van der Waals surface area contributed by atoms with Gasteiger partial charge >= 0.3 is 0 Å². The zero-order valence-electron chi connectivity index (χ0n) is 18.0. The van der Waals surface area contributed by atoms with Gasteiger partial charge in [-0.05, 0) is 68.5 Å². The van der Waals surface area contributed by atoms with Gasteiger partial charge in [-0.25, -0.2) is 4.98 Å². The van der Waals surface area contributed by atoms with E-state index >= 15 is 0 Å². The number of aromatic nitrogens is 2. The number of nitrogens with zero attached hydrogens (tertiary/aromatic N) is 2. The third-order valence-electron chi connectivity index (χ3n) is 6.45. The van der Waals surface area contributed by atoms with Crippen molar-refractivity contribution in [2.24, 2.45) is 5.92 Å². The quantitative estimate of drug-likeness (QED) is 0.653. The summed E-state index contributed by atoms with van der Waals surface area (Å²) in [5.74, 6) is 0.830. The fourth-order valence-electron chi connectivity index (χ4n) is 4.55. The molecular formula is C25H28N4O3. The molecule has 5 rings (SSSR count). The minimum Gasteiger partial charge on any atom is -0.368 e. The lowest BCUT2D eigenvalue weighted by Gasteiger charge is -2.34. The number of nitrogens with one attached hydrogen (secondary N) is 2. The summed E-state index contributed by atoms with van der Waals surface area (Å²) in [5, 5.41) is 3.03. The molecule has 7 nitrogen and oxygen atoms in total. The standard InChI is InChI=1S/C25H28N4O3/c30-24(18-12-14-29(15-13-18)25(31)22-7-3-4-16-32-22)26-19-10-8-17(9-11-19)23-27-20-5-1-2-6-21(20)28-23/h1-2,5-6,8-11,18,22H,3-4,7,12-16H2,(H,26,30)(H,27,28)/t22-/m1/s1. The Balaban J connectivity index is 1.15. The van der Waals surface area contributed by atoms with E-state index in [0.29, 0.717) is 32.5 Å². The molecule has 32 heavy (non-hydrogen) atoms. The molecule has 2 N–H and O–H groups in total. The van der Waals surface area contributed by atoms with Gasteiger partial charge in [-0.2, -0.15) is 0 Å². The zero-order chi connectivity index (χ0) is 21.9. The number of anilines is 1. The first-order valence-corrected chi connectivity index (χ1v) is 11.4. The van der Waals surface area contributed by atoms with Crippen LogP contribution in [0.1, 0.15) is 32.1 Å². The molecule has 0 saturated carbocycles. The molecule has 0 unspecified atom stereocenters. The van der Waals surface area contributed by atoms with Crippen LogP contribution in [0.2, 0.25) is 0 Å². The molecule has 0 aliphatic carbocycles. The Bertz CT molecular complexity index is 1060. The first-order chi connectivity index (χ1) is 15.7.